The largest absolute Gasteiger partial charge is 0.377 e. The molecule has 5 nitrogen and oxygen atoms in total. The number of para-hydroxylation sites is 2. The zero-order chi connectivity index (χ0) is 16.4. The van der Waals surface area contributed by atoms with Crippen molar-refractivity contribution in [3.8, 4) is 22.6 Å². The molecule has 0 fully saturated rings. The Balaban J connectivity index is 2.19. The van der Waals surface area contributed by atoms with Crippen LogP contribution in [0.4, 0.5) is 11.4 Å². The number of hydrogen-bond donors (Lipinski definition) is 0. The lowest BCUT2D eigenvalue weighted by atomic mass is 10.0. The van der Waals surface area contributed by atoms with E-state index in [1.165, 1.54) is 0 Å². The number of hydrogen-bond acceptors (Lipinski definition) is 5. The minimum absolute atomic E-state index is 0.684. The van der Waals surface area contributed by atoms with Crippen LogP contribution in [0.1, 0.15) is 0 Å². The standard InChI is InChI=1S/C18H20N4O/c1-21(2)15-11-7-5-9-13(15)17-18(23-20-19-17)14-10-6-8-12-16(14)22(3)4/h5-12H,1-4H3. The van der Waals surface area contributed by atoms with Crippen LogP contribution in [0.3, 0.4) is 0 Å². The number of benzene rings is 2. The first-order chi connectivity index (χ1) is 11.1. The van der Waals surface area contributed by atoms with Crippen LogP contribution in [0.25, 0.3) is 22.6 Å². The SMILES string of the molecule is CN(C)c1ccccc1-c1nnoc1-c1ccccc1N(C)C. The Hall–Kier alpha value is -2.82. The predicted molar refractivity (Wildman–Crippen MR) is 93.8 cm³/mol. The summed E-state index contributed by atoms with van der Waals surface area (Å²) in [6, 6.07) is 16.2. The highest BCUT2D eigenvalue weighted by atomic mass is 16.5. The summed E-state index contributed by atoms with van der Waals surface area (Å²) in [5.41, 5.74) is 4.87. The molecular weight excluding hydrogens is 288 g/mol. The van der Waals surface area contributed by atoms with Crippen molar-refractivity contribution < 1.29 is 4.52 Å². The van der Waals surface area contributed by atoms with Gasteiger partial charge in [-0.1, -0.05) is 30.3 Å². The van der Waals surface area contributed by atoms with Gasteiger partial charge in [-0.3, -0.25) is 0 Å². The van der Waals surface area contributed by atoms with Crippen molar-refractivity contribution in [1.82, 2.24) is 10.4 Å². The van der Waals surface area contributed by atoms with E-state index in [4.69, 9.17) is 4.52 Å². The second kappa shape index (κ2) is 6.12. The fraction of sp³-hybridized carbons (Fsp3) is 0.222. The Morgan fingerprint density at radius 3 is 1.87 bits per heavy atom. The first-order valence-electron chi connectivity index (χ1n) is 7.45. The number of anilines is 2. The highest BCUT2D eigenvalue weighted by molar-refractivity contribution is 5.88. The molecule has 1 heterocycles. The van der Waals surface area contributed by atoms with E-state index in [2.05, 4.69) is 32.3 Å². The molecule has 0 amide bonds. The molecule has 3 aromatic rings. The molecule has 2 aromatic carbocycles. The summed E-state index contributed by atoms with van der Waals surface area (Å²) in [4.78, 5) is 4.12. The molecule has 0 aliphatic heterocycles. The van der Waals surface area contributed by atoms with Crippen LogP contribution >= 0.6 is 0 Å². The van der Waals surface area contributed by atoms with Crippen LogP contribution in [0.2, 0.25) is 0 Å². The monoisotopic (exact) mass is 308 g/mol. The molecular formula is C18H20N4O. The van der Waals surface area contributed by atoms with Crippen molar-refractivity contribution in [2.75, 3.05) is 38.0 Å². The van der Waals surface area contributed by atoms with Gasteiger partial charge in [0.1, 0.15) is 5.69 Å². The van der Waals surface area contributed by atoms with Crippen molar-refractivity contribution >= 4 is 11.4 Å². The average Bonchev–Trinajstić information content (AvgIpc) is 3.04. The summed E-state index contributed by atoms with van der Waals surface area (Å²) >= 11 is 0. The summed E-state index contributed by atoms with van der Waals surface area (Å²) in [5, 5.41) is 8.06. The predicted octanol–water partition coefficient (Wildman–Crippen LogP) is 3.54. The van der Waals surface area contributed by atoms with Gasteiger partial charge in [0.15, 0.2) is 5.76 Å². The highest BCUT2D eigenvalue weighted by Gasteiger charge is 2.20. The second-order valence-electron chi connectivity index (χ2n) is 5.77. The van der Waals surface area contributed by atoms with Gasteiger partial charge >= 0.3 is 0 Å². The van der Waals surface area contributed by atoms with Gasteiger partial charge in [-0.2, -0.15) is 0 Å². The Kier molecular flexibility index (Phi) is 4.02. The third kappa shape index (κ3) is 2.77. The van der Waals surface area contributed by atoms with Gasteiger partial charge < -0.3 is 14.3 Å². The lowest BCUT2D eigenvalue weighted by molar-refractivity contribution is 0.403. The van der Waals surface area contributed by atoms with Crippen LogP contribution in [-0.4, -0.2) is 38.6 Å². The molecule has 0 atom stereocenters. The van der Waals surface area contributed by atoms with Crippen LogP contribution in [0, 0.1) is 0 Å². The second-order valence-corrected chi connectivity index (χ2v) is 5.77. The van der Waals surface area contributed by atoms with Gasteiger partial charge in [0.05, 0.1) is 0 Å². The normalized spacial score (nSPS) is 10.6. The molecule has 0 N–H and O–H groups in total. The molecule has 0 saturated heterocycles. The number of rotatable bonds is 4. The van der Waals surface area contributed by atoms with Gasteiger partial charge in [0.25, 0.3) is 0 Å². The van der Waals surface area contributed by atoms with E-state index in [1.807, 2.05) is 64.6 Å². The molecule has 3 rings (SSSR count). The van der Waals surface area contributed by atoms with Crippen LogP contribution in [0.5, 0.6) is 0 Å². The molecule has 0 unspecified atom stereocenters. The van der Waals surface area contributed by atoms with E-state index < -0.39 is 0 Å². The molecule has 0 aliphatic rings. The Morgan fingerprint density at radius 1 is 0.739 bits per heavy atom. The number of nitrogens with zero attached hydrogens (tertiary/aromatic N) is 4. The van der Waals surface area contributed by atoms with E-state index >= 15 is 0 Å². The van der Waals surface area contributed by atoms with E-state index in [1.54, 1.807) is 0 Å². The van der Waals surface area contributed by atoms with Gasteiger partial charge in [0.2, 0.25) is 0 Å². The van der Waals surface area contributed by atoms with Crippen molar-refractivity contribution in [3.05, 3.63) is 48.5 Å². The first-order valence-corrected chi connectivity index (χ1v) is 7.45. The zero-order valence-corrected chi connectivity index (χ0v) is 13.8. The van der Waals surface area contributed by atoms with E-state index in [0.29, 0.717) is 5.76 Å². The lowest BCUT2D eigenvalue weighted by Crippen LogP contribution is -2.11. The molecule has 0 aliphatic carbocycles. The van der Waals surface area contributed by atoms with Crippen LogP contribution in [-0.2, 0) is 0 Å². The third-order valence-corrected chi connectivity index (χ3v) is 3.76. The van der Waals surface area contributed by atoms with Gasteiger partial charge in [-0.05, 0) is 18.2 Å². The maximum absolute atomic E-state index is 5.52. The quantitative estimate of drug-likeness (QED) is 0.737. The zero-order valence-electron chi connectivity index (χ0n) is 13.8. The smallest absolute Gasteiger partial charge is 0.197 e. The fourth-order valence-corrected chi connectivity index (χ4v) is 2.66. The molecule has 0 saturated carbocycles. The van der Waals surface area contributed by atoms with Gasteiger partial charge in [-0.15, -0.1) is 5.10 Å². The Bertz CT molecular complexity index is 742. The molecule has 0 radical (unpaired) electrons. The Morgan fingerprint density at radius 2 is 1.26 bits per heavy atom. The third-order valence-electron chi connectivity index (χ3n) is 3.76. The average molecular weight is 308 g/mol. The Labute approximate surface area is 136 Å². The summed E-state index contributed by atoms with van der Waals surface area (Å²) in [5.74, 6) is 0.684. The maximum Gasteiger partial charge on any atom is 0.197 e. The summed E-state index contributed by atoms with van der Waals surface area (Å²) < 4.78 is 5.52. The fourth-order valence-electron chi connectivity index (χ4n) is 2.66. The molecule has 0 bridgehead atoms. The lowest BCUT2D eigenvalue weighted by Gasteiger charge is -2.18. The topological polar surface area (TPSA) is 45.4 Å². The first kappa shape index (κ1) is 15.1. The summed E-state index contributed by atoms with van der Waals surface area (Å²) in [6.07, 6.45) is 0. The summed E-state index contributed by atoms with van der Waals surface area (Å²) in [7, 11) is 8.05. The van der Waals surface area contributed by atoms with Crippen molar-refractivity contribution in [1.29, 1.82) is 0 Å². The molecule has 23 heavy (non-hydrogen) atoms. The van der Waals surface area contributed by atoms with Gasteiger partial charge in [-0.25, -0.2) is 0 Å². The van der Waals surface area contributed by atoms with Crippen molar-refractivity contribution in [2.24, 2.45) is 0 Å². The highest BCUT2D eigenvalue weighted by Crippen LogP contribution is 2.38. The molecule has 5 heteroatoms. The van der Waals surface area contributed by atoms with E-state index in [0.717, 1.165) is 28.2 Å². The number of aromatic nitrogens is 2. The van der Waals surface area contributed by atoms with Gasteiger partial charge in [0, 0.05) is 56.0 Å². The van der Waals surface area contributed by atoms with E-state index in [9.17, 15) is 0 Å². The van der Waals surface area contributed by atoms with Crippen molar-refractivity contribution in [3.63, 3.8) is 0 Å². The van der Waals surface area contributed by atoms with Crippen molar-refractivity contribution in [2.45, 2.75) is 0 Å². The summed E-state index contributed by atoms with van der Waals surface area (Å²) in [6.45, 7) is 0. The molecule has 0 spiro atoms. The minimum Gasteiger partial charge on any atom is -0.377 e. The molecule has 118 valence electrons. The van der Waals surface area contributed by atoms with Crippen LogP contribution in [0.15, 0.2) is 53.1 Å². The molecule has 1 aromatic heterocycles. The minimum atomic E-state index is 0.684. The van der Waals surface area contributed by atoms with Crippen LogP contribution < -0.4 is 9.80 Å². The van der Waals surface area contributed by atoms with E-state index in [-0.39, 0.29) is 0 Å². The maximum atomic E-state index is 5.52.